The van der Waals surface area contributed by atoms with Gasteiger partial charge >= 0.3 is 6.16 Å². The van der Waals surface area contributed by atoms with Gasteiger partial charge in [0.1, 0.15) is 12.2 Å². The average Bonchev–Trinajstić information content (AvgIpc) is 3.34. The van der Waals surface area contributed by atoms with Crippen molar-refractivity contribution in [1.29, 1.82) is 0 Å². The van der Waals surface area contributed by atoms with Gasteiger partial charge in [-0.3, -0.25) is 4.79 Å². The van der Waals surface area contributed by atoms with Crippen molar-refractivity contribution in [2.24, 2.45) is 5.92 Å². The van der Waals surface area contributed by atoms with Gasteiger partial charge in [0.25, 0.3) is 0 Å². The van der Waals surface area contributed by atoms with Gasteiger partial charge in [-0.25, -0.2) is 9.78 Å². The van der Waals surface area contributed by atoms with E-state index in [-0.39, 0.29) is 24.0 Å². The van der Waals surface area contributed by atoms with E-state index in [0.29, 0.717) is 37.5 Å². The summed E-state index contributed by atoms with van der Waals surface area (Å²) in [6, 6.07) is 7.51. The van der Waals surface area contributed by atoms with Gasteiger partial charge in [0, 0.05) is 43.0 Å². The number of carbonyl (C=O) groups excluding carboxylic acids is 2. The minimum atomic E-state index is -0.633. The number of aromatic nitrogens is 2. The van der Waals surface area contributed by atoms with Crippen molar-refractivity contribution >= 4 is 23.7 Å². The van der Waals surface area contributed by atoms with Gasteiger partial charge in [0.05, 0.1) is 6.33 Å². The van der Waals surface area contributed by atoms with E-state index >= 15 is 0 Å². The molecule has 0 bridgehead atoms. The van der Waals surface area contributed by atoms with Gasteiger partial charge in [-0.05, 0) is 30.5 Å². The fraction of sp³-hybridized carbons (Fsp3) is 0.421. The predicted octanol–water partition coefficient (Wildman–Crippen LogP) is 2.88. The highest BCUT2D eigenvalue weighted by atomic mass is 35.5. The first kappa shape index (κ1) is 17.9. The lowest BCUT2D eigenvalue weighted by Crippen LogP contribution is -2.37. The molecule has 2 fully saturated rings. The zero-order valence-corrected chi connectivity index (χ0v) is 15.4. The molecule has 2 aliphatic rings. The number of ether oxygens (including phenoxy) is 2. The second-order valence-electron chi connectivity index (χ2n) is 6.92. The van der Waals surface area contributed by atoms with E-state index in [4.69, 9.17) is 21.1 Å². The van der Waals surface area contributed by atoms with Gasteiger partial charge in [0.15, 0.2) is 0 Å². The molecule has 4 rings (SSSR count). The Hall–Kier alpha value is -2.54. The monoisotopic (exact) mass is 389 g/mol. The maximum absolute atomic E-state index is 13.2. The largest absolute Gasteiger partial charge is 0.509 e. The number of benzene rings is 1. The summed E-state index contributed by atoms with van der Waals surface area (Å²) in [7, 11) is 0. The molecule has 2 aromatic rings. The molecule has 1 aliphatic carbocycles. The standard InChI is InChI=1S/C19H20ClN3O4/c20-15-3-1-2-13(8-15)11-23(7-6-22-5-4-21-12-22)18(24)14-9-16-17(10-14)27-19(25)26-16/h1-5,8,12,14,16-17H,6-7,9-11H2/t14?,16-,17+. The van der Waals surface area contributed by atoms with Crippen LogP contribution in [0, 0.1) is 5.92 Å². The number of fused-ring (bicyclic) bond motifs is 1. The predicted molar refractivity (Wildman–Crippen MR) is 97.0 cm³/mol. The highest BCUT2D eigenvalue weighted by Gasteiger charge is 2.48. The smallest absolute Gasteiger partial charge is 0.427 e. The molecule has 0 N–H and O–H groups in total. The van der Waals surface area contributed by atoms with Gasteiger partial charge in [0.2, 0.25) is 5.91 Å². The third-order valence-electron chi connectivity index (χ3n) is 5.05. The summed E-state index contributed by atoms with van der Waals surface area (Å²) < 4.78 is 12.2. The number of imidazole rings is 1. The van der Waals surface area contributed by atoms with Crippen molar-refractivity contribution in [2.75, 3.05) is 6.54 Å². The van der Waals surface area contributed by atoms with Crippen LogP contribution in [0.25, 0.3) is 0 Å². The van der Waals surface area contributed by atoms with Crippen LogP contribution in [0.4, 0.5) is 4.79 Å². The summed E-state index contributed by atoms with van der Waals surface area (Å²) in [6.07, 6.45) is 5.07. The molecule has 3 atom stereocenters. The van der Waals surface area contributed by atoms with Crippen molar-refractivity contribution in [2.45, 2.75) is 38.1 Å². The van der Waals surface area contributed by atoms with E-state index in [9.17, 15) is 9.59 Å². The SMILES string of the molecule is O=C1O[C@H]2CC(C(=O)N(CCn3ccnc3)Cc3cccc(Cl)c3)C[C@H]2O1. The fourth-order valence-corrected chi connectivity index (χ4v) is 3.93. The zero-order chi connectivity index (χ0) is 18.8. The number of carbonyl (C=O) groups is 2. The number of halogens is 1. The first-order valence-electron chi connectivity index (χ1n) is 8.95. The van der Waals surface area contributed by atoms with Crippen LogP contribution in [0.15, 0.2) is 43.0 Å². The normalized spacial score (nSPS) is 23.6. The fourth-order valence-electron chi connectivity index (χ4n) is 3.72. The molecule has 2 heterocycles. The van der Waals surface area contributed by atoms with Crippen LogP contribution in [0.2, 0.25) is 5.02 Å². The van der Waals surface area contributed by atoms with Gasteiger partial charge in [-0.15, -0.1) is 0 Å². The number of amides is 1. The Morgan fingerprint density at radius 2 is 2.07 bits per heavy atom. The summed E-state index contributed by atoms with van der Waals surface area (Å²) in [6.45, 7) is 1.67. The van der Waals surface area contributed by atoms with Gasteiger partial charge in [-0.1, -0.05) is 23.7 Å². The molecular weight excluding hydrogens is 370 g/mol. The molecule has 1 aromatic carbocycles. The molecule has 1 saturated carbocycles. The molecule has 1 aromatic heterocycles. The van der Waals surface area contributed by atoms with Gasteiger partial charge in [-0.2, -0.15) is 0 Å². The van der Waals surface area contributed by atoms with E-state index < -0.39 is 6.16 Å². The zero-order valence-electron chi connectivity index (χ0n) is 14.7. The second kappa shape index (κ2) is 7.60. The maximum atomic E-state index is 13.2. The van der Waals surface area contributed by atoms with Crippen LogP contribution in [0.1, 0.15) is 18.4 Å². The Kier molecular flexibility index (Phi) is 5.03. The third-order valence-corrected chi connectivity index (χ3v) is 5.29. The highest BCUT2D eigenvalue weighted by Crippen LogP contribution is 2.36. The molecule has 142 valence electrons. The highest BCUT2D eigenvalue weighted by molar-refractivity contribution is 6.30. The quantitative estimate of drug-likeness (QED) is 0.710. The third kappa shape index (κ3) is 4.08. The van der Waals surface area contributed by atoms with Crippen molar-refractivity contribution in [1.82, 2.24) is 14.5 Å². The van der Waals surface area contributed by atoms with Crippen LogP contribution in [0.5, 0.6) is 0 Å². The van der Waals surface area contributed by atoms with Crippen LogP contribution >= 0.6 is 11.6 Å². The maximum Gasteiger partial charge on any atom is 0.509 e. The lowest BCUT2D eigenvalue weighted by molar-refractivity contribution is -0.136. The minimum absolute atomic E-state index is 0.0455. The topological polar surface area (TPSA) is 73.7 Å². The van der Waals surface area contributed by atoms with Crippen LogP contribution < -0.4 is 0 Å². The number of nitrogens with zero attached hydrogens (tertiary/aromatic N) is 3. The van der Waals surface area contributed by atoms with Crippen molar-refractivity contribution in [3.8, 4) is 0 Å². The molecule has 1 saturated heterocycles. The summed E-state index contributed by atoms with van der Waals surface area (Å²) in [5, 5.41) is 0.644. The lowest BCUT2D eigenvalue weighted by Gasteiger charge is -2.26. The number of hydrogen-bond donors (Lipinski definition) is 0. The molecule has 7 nitrogen and oxygen atoms in total. The summed E-state index contributed by atoms with van der Waals surface area (Å²) in [5.74, 6) is -0.167. The molecule has 1 aliphatic heterocycles. The van der Waals surface area contributed by atoms with E-state index in [1.165, 1.54) is 0 Å². The molecular formula is C19H20ClN3O4. The Labute approximate surface area is 161 Å². The van der Waals surface area contributed by atoms with Crippen LogP contribution in [0.3, 0.4) is 0 Å². The first-order chi connectivity index (χ1) is 13.1. The van der Waals surface area contributed by atoms with E-state index in [2.05, 4.69) is 4.98 Å². The molecule has 8 heteroatoms. The van der Waals surface area contributed by atoms with E-state index in [1.807, 2.05) is 39.9 Å². The van der Waals surface area contributed by atoms with Crippen molar-refractivity contribution in [3.05, 3.63) is 53.6 Å². The number of hydrogen-bond acceptors (Lipinski definition) is 5. The lowest BCUT2D eigenvalue weighted by atomic mass is 10.1. The number of rotatable bonds is 6. The van der Waals surface area contributed by atoms with E-state index in [0.717, 1.165) is 5.56 Å². The summed E-state index contributed by atoms with van der Waals surface area (Å²) >= 11 is 6.09. The van der Waals surface area contributed by atoms with Gasteiger partial charge < -0.3 is 18.9 Å². The van der Waals surface area contributed by atoms with Crippen LogP contribution in [-0.2, 0) is 27.4 Å². The second-order valence-corrected chi connectivity index (χ2v) is 7.36. The van der Waals surface area contributed by atoms with Crippen molar-refractivity contribution < 1.29 is 19.1 Å². The van der Waals surface area contributed by atoms with Crippen LogP contribution in [-0.4, -0.2) is 45.3 Å². The molecule has 1 unspecified atom stereocenters. The first-order valence-corrected chi connectivity index (χ1v) is 9.32. The Morgan fingerprint density at radius 1 is 1.30 bits per heavy atom. The summed E-state index contributed by atoms with van der Waals surface area (Å²) in [5.41, 5.74) is 0.974. The summed E-state index contributed by atoms with van der Waals surface area (Å²) in [4.78, 5) is 30.3. The van der Waals surface area contributed by atoms with E-state index in [1.54, 1.807) is 12.5 Å². The molecule has 0 radical (unpaired) electrons. The molecule has 0 spiro atoms. The minimum Gasteiger partial charge on any atom is -0.427 e. The average molecular weight is 390 g/mol. The van der Waals surface area contributed by atoms with Crippen molar-refractivity contribution in [3.63, 3.8) is 0 Å². The Morgan fingerprint density at radius 3 is 2.74 bits per heavy atom. The molecule has 1 amide bonds. The Balaban J connectivity index is 1.46. The molecule has 27 heavy (non-hydrogen) atoms. The Bertz CT molecular complexity index is 810.